The first-order valence-corrected chi connectivity index (χ1v) is 4.70. The van der Waals surface area contributed by atoms with E-state index in [9.17, 15) is 9.90 Å². The second-order valence-electron chi connectivity index (χ2n) is 3.83. The molecule has 0 aliphatic carbocycles. The molecule has 1 aliphatic heterocycles. The molecule has 1 fully saturated rings. The first-order valence-electron chi connectivity index (χ1n) is 4.70. The van der Waals surface area contributed by atoms with Crippen LogP contribution in [0.2, 0.25) is 0 Å². The lowest BCUT2D eigenvalue weighted by Crippen LogP contribution is -2.43. The highest BCUT2D eigenvalue weighted by Crippen LogP contribution is 2.10. The van der Waals surface area contributed by atoms with Crippen LogP contribution in [0, 0.1) is 0 Å². The van der Waals surface area contributed by atoms with Crippen LogP contribution in [0.5, 0.6) is 0 Å². The van der Waals surface area contributed by atoms with Crippen molar-refractivity contribution in [1.82, 2.24) is 9.80 Å². The SMILES string of the molecule is CN(C)CCN1CCC(O)CC1=O. The van der Waals surface area contributed by atoms with Crippen molar-refractivity contribution in [3.05, 3.63) is 0 Å². The van der Waals surface area contributed by atoms with Gasteiger partial charge in [-0.25, -0.2) is 0 Å². The summed E-state index contributed by atoms with van der Waals surface area (Å²) in [6.45, 7) is 2.37. The van der Waals surface area contributed by atoms with Crippen LogP contribution in [-0.2, 0) is 4.79 Å². The van der Waals surface area contributed by atoms with Gasteiger partial charge in [0.1, 0.15) is 0 Å². The maximum absolute atomic E-state index is 11.4. The Labute approximate surface area is 79.1 Å². The van der Waals surface area contributed by atoms with Crippen LogP contribution < -0.4 is 0 Å². The lowest BCUT2D eigenvalue weighted by molar-refractivity contribution is -0.137. The van der Waals surface area contributed by atoms with Gasteiger partial charge in [-0.15, -0.1) is 0 Å². The smallest absolute Gasteiger partial charge is 0.225 e. The van der Waals surface area contributed by atoms with Crippen molar-refractivity contribution in [2.45, 2.75) is 18.9 Å². The van der Waals surface area contributed by atoms with Gasteiger partial charge in [-0.1, -0.05) is 0 Å². The molecule has 0 radical (unpaired) electrons. The Morgan fingerprint density at radius 3 is 2.85 bits per heavy atom. The molecule has 1 heterocycles. The number of likely N-dealkylation sites (N-methyl/N-ethyl adjacent to an activating group) is 1. The average molecular weight is 186 g/mol. The Kier molecular flexibility index (Phi) is 3.69. The van der Waals surface area contributed by atoms with Crippen LogP contribution in [0.3, 0.4) is 0 Å². The van der Waals surface area contributed by atoms with Crippen molar-refractivity contribution < 1.29 is 9.90 Å². The van der Waals surface area contributed by atoms with Gasteiger partial charge in [0.05, 0.1) is 12.5 Å². The summed E-state index contributed by atoms with van der Waals surface area (Å²) in [5, 5.41) is 9.22. The quantitative estimate of drug-likeness (QED) is 0.648. The summed E-state index contributed by atoms with van der Waals surface area (Å²) in [7, 11) is 3.98. The molecule has 1 unspecified atom stereocenters. The minimum Gasteiger partial charge on any atom is -0.393 e. The average Bonchev–Trinajstić information content (AvgIpc) is 2.02. The predicted octanol–water partition coefficient (Wildman–Crippen LogP) is -0.469. The van der Waals surface area contributed by atoms with E-state index in [0.29, 0.717) is 13.0 Å². The summed E-state index contributed by atoms with van der Waals surface area (Å²) in [5.74, 6) is 0.0839. The zero-order chi connectivity index (χ0) is 9.84. The van der Waals surface area contributed by atoms with Crippen molar-refractivity contribution in [2.24, 2.45) is 0 Å². The number of hydrogen-bond donors (Lipinski definition) is 1. The Morgan fingerprint density at radius 1 is 1.62 bits per heavy atom. The van der Waals surface area contributed by atoms with Crippen molar-refractivity contribution in [3.8, 4) is 0 Å². The zero-order valence-corrected chi connectivity index (χ0v) is 8.36. The normalized spacial score (nSPS) is 24.2. The van der Waals surface area contributed by atoms with E-state index in [-0.39, 0.29) is 5.91 Å². The summed E-state index contributed by atoms with van der Waals surface area (Å²) in [5.41, 5.74) is 0. The van der Waals surface area contributed by atoms with Crippen molar-refractivity contribution in [3.63, 3.8) is 0 Å². The molecular weight excluding hydrogens is 168 g/mol. The highest BCUT2D eigenvalue weighted by Gasteiger charge is 2.23. The molecule has 0 saturated carbocycles. The van der Waals surface area contributed by atoms with Crippen LogP contribution in [0.1, 0.15) is 12.8 Å². The monoisotopic (exact) mass is 186 g/mol. The number of aliphatic hydroxyl groups excluding tert-OH is 1. The van der Waals surface area contributed by atoms with Gasteiger partial charge in [-0.2, -0.15) is 0 Å². The molecule has 0 spiro atoms. The standard InChI is InChI=1S/C9H18N2O2/c1-10(2)5-6-11-4-3-8(12)7-9(11)13/h8,12H,3-7H2,1-2H3. The van der Waals surface area contributed by atoms with Crippen LogP contribution in [0.4, 0.5) is 0 Å². The number of carbonyl (C=O) groups is 1. The summed E-state index contributed by atoms with van der Waals surface area (Å²) in [4.78, 5) is 15.2. The van der Waals surface area contributed by atoms with E-state index in [1.165, 1.54) is 0 Å². The van der Waals surface area contributed by atoms with E-state index in [4.69, 9.17) is 0 Å². The van der Waals surface area contributed by atoms with Gasteiger partial charge in [0.25, 0.3) is 0 Å². The van der Waals surface area contributed by atoms with Crippen molar-refractivity contribution >= 4 is 5.91 Å². The van der Waals surface area contributed by atoms with E-state index >= 15 is 0 Å². The Morgan fingerprint density at radius 2 is 2.31 bits per heavy atom. The number of hydrogen-bond acceptors (Lipinski definition) is 3. The molecule has 0 aromatic heterocycles. The topological polar surface area (TPSA) is 43.8 Å². The Hall–Kier alpha value is -0.610. The summed E-state index contributed by atoms with van der Waals surface area (Å²) >= 11 is 0. The molecular formula is C9H18N2O2. The lowest BCUT2D eigenvalue weighted by Gasteiger charge is -2.30. The van der Waals surface area contributed by atoms with E-state index in [2.05, 4.69) is 4.90 Å². The van der Waals surface area contributed by atoms with Gasteiger partial charge >= 0.3 is 0 Å². The fourth-order valence-electron chi connectivity index (χ4n) is 1.42. The van der Waals surface area contributed by atoms with Gasteiger partial charge < -0.3 is 14.9 Å². The maximum atomic E-state index is 11.4. The molecule has 1 saturated heterocycles. The van der Waals surface area contributed by atoms with Gasteiger partial charge in [0, 0.05) is 19.6 Å². The lowest BCUT2D eigenvalue weighted by atomic mass is 10.1. The number of rotatable bonds is 3. The fraction of sp³-hybridized carbons (Fsp3) is 0.889. The first-order chi connectivity index (χ1) is 6.09. The third-order valence-electron chi connectivity index (χ3n) is 2.31. The molecule has 4 nitrogen and oxygen atoms in total. The first kappa shape index (κ1) is 10.5. The molecule has 1 N–H and O–H groups in total. The van der Waals surface area contributed by atoms with Crippen LogP contribution >= 0.6 is 0 Å². The molecule has 1 aliphatic rings. The number of nitrogens with zero attached hydrogens (tertiary/aromatic N) is 2. The highest BCUT2D eigenvalue weighted by molar-refractivity contribution is 5.77. The van der Waals surface area contributed by atoms with Gasteiger partial charge in [0.15, 0.2) is 0 Å². The fourth-order valence-corrected chi connectivity index (χ4v) is 1.42. The summed E-state index contributed by atoms with van der Waals surface area (Å²) < 4.78 is 0. The highest BCUT2D eigenvalue weighted by atomic mass is 16.3. The van der Waals surface area contributed by atoms with Crippen LogP contribution in [-0.4, -0.2) is 60.6 Å². The molecule has 13 heavy (non-hydrogen) atoms. The Bertz CT molecular complexity index is 182. The number of likely N-dealkylation sites (tertiary alicyclic amines) is 1. The second-order valence-corrected chi connectivity index (χ2v) is 3.83. The molecule has 1 atom stereocenters. The van der Waals surface area contributed by atoms with Crippen LogP contribution in [0.25, 0.3) is 0 Å². The minimum absolute atomic E-state index is 0.0839. The third kappa shape index (κ3) is 3.32. The van der Waals surface area contributed by atoms with E-state index in [1.807, 2.05) is 19.0 Å². The summed E-state index contributed by atoms with van der Waals surface area (Å²) in [6.07, 6.45) is 0.607. The number of piperidine rings is 1. The number of amides is 1. The summed E-state index contributed by atoms with van der Waals surface area (Å²) in [6, 6.07) is 0. The minimum atomic E-state index is -0.414. The zero-order valence-electron chi connectivity index (χ0n) is 8.36. The largest absolute Gasteiger partial charge is 0.393 e. The number of aliphatic hydroxyl groups is 1. The molecule has 1 amide bonds. The molecule has 0 aromatic carbocycles. The molecule has 1 rings (SSSR count). The van der Waals surface area contributed by atoms with E-state index in [1.54, 1.807) is 0 Å². The van der Waals surface area contributed by atoms with E-state index < -0.39 is 6.10 Å². The van der Waals surface area contributed by atoms with Gasteiger partial charge in [-0.05, 0) is 20.5 Å². The van der Waals surface area contributed by atoms with Crippen LogP contribution in [0.15, 0.2) is 0 Å². The third-order valence-corrected chi connectivity index (χ3v) is 2.31. The molecule has 0 bridgehead atoms. The Balaban J connectivity index is 2.30. The van der Waals surface area contributed by atoms with E-state index in [0.717, 1.165) is 19.5 Å². The molecule has 76 valence electrons. The second kappa shape index (κ2) is 4.58. The molecule has 0 aromatic rings. The maximum Gasteiger partial charge on any atom is 0.225 e. The van der Waals surface area contributed by atoms with Crippen molar-refractivity contribution in [2.75, 3.05) is 33.7 Å². The van der Waals surface area contributed by atoms with Gasteiger partial charge in [-0.3, -0.25) is 4.79 Å². The van der Waals surface area contributed by atoms with Gasteiger partial charge in [0.2, 0.25) is 5.91 Å². The molecule has 4 heteroatoms. The number of carbonyl (C=O) groups excluding carboxylic acids is 1. The predicted molar refractivity (Wildman–Crippen MR) is 50.4 cm³/mol. The van der Waals surface area contributed by atoms with Crippen molar-refractivity contribution in [1.29, 1.82) is 0 Å².